The molecule has 1 saturated heterocycles. The number of oxazole rings is 1. The quantitative estimate of drug-likeness (QED) is 0.591. The van der Waals surface area contributed by atoms with Gasteiger partial charge >= 0.3 is 11.8 Å². The molecule has 3 heterocycles. The molecule has 8 nitrogen and oxygen atoms in total. The lowest BCUT2D eigenvalue weighted by atomic mass is 10.2. The third-order valence-corrected chi connectivity index (χ3v) is 5.76. The number of aryl methyl sites for hydroxylation is 2. The van der Waals surface area contributed by atoms with Crippen LogP contribution in [-0.4, -0.2) is 44.8 Å². The van der Waals surface area contributed by atoms with Crippen molar-refractivity contribution in [1.82, 2.24) is 25.2 Å². The number of aromatic nitrogens is 3. The summed E-state index contributed by atoms with van der Waals surface area (Å²) >= 11 is 6.28. The van der Waals surface area contributed by atoms with Crippen LogP contribution in [0.25, 0.3) is 11.3 Å². The molecule has 1 atom stereocenters. The number of likely N-dealkylation sites (tertiary alicyclic amines) is 1. The molecule has 1 fully saturated rings. The number of nitrogens with one attached hydrogen (secondary N) is 2. The number of benzene rings is 1. The summed E-state index contributed by atoms with van der Waals surface area (Å²) in [6.45, 7) is 4.43. The first-order valence-corrected chi connectivity index (χ1v) is 10.6. The van der Waals surface area contributed by atoms with Crippen LogP contribution in [0.1, 0.15) is 42.1 Å². The van der Waals surface area contributed by atoms with Crippen molar-refractivity contribution in [1.29, 1.82) is 0 Å². The maximum atomic E-state index is 12.8. The molecule has 9 heteroatoms. The van der Waals surface area contributed by atoms with E-state index in [-0.39, 0.29) is 6.04 Å². The van der Waals surface area contributed by atoms with E-state index in [1.165, 1.54) is 0 Å². The zero-order valence-electron chi connectivity index (χ0n) is 17.4. The number of H-pyrrole nitrogens is 1. The molecule has 0 spiro atoms. The van der Waals surface area contributed by atoms with Crippen molar-refractivity contribution >= 4 is 23.4 Å². The van der Waals surface area contributed by atoms with Gasteiger partial charge in [0.1, 0.15) is 11.6 Å². The molecular weight excluding hydrogens is 418 g/mol. The van der Waals surface area contributed by atoms with Gasteiger partial charge in [-0.05, 0) is 25.8 Å². The Bertz CT molecular complexity index is 1110. The molecule has 1 aliphatic rings. The molecule has 0 aliphatic carbocycles. The van der Waals surface area contributed by atoms with Gasteiger partial charge in [-0.2, -0.15) is 0 Å². The Morgan fingerprint density at radius 3 is 2.87 bits per heavy atom. The predicted octanol–water partition coefficient (Wildman–Crippen LogP) is 3.36. The number of carbonyl (C=O) groups is 2. The molecule has 0 saturated carbocycles. The summed E-state index contributed by atoms with van der Waals surface area (Å²) in [6, 6.07) is 7.22. The largest absolute Gasteiger partial charge is 0.446 e. The standard InChI is InChI=1S/C22H24ClN5O3/c1-13-17(26-14(2)31-13)9-10-24-21(29)22(30)28-11-5-8-19(28)20-25-12-18(27-20)15-6-3-4-7-16(15)23/h3-4,6-7,12,19H,5,8-11H2,1-2H3,(H,24,29)(H,25,27). The van der Waals surface area contributed by atoms with Gasteiger partial charge in [0.2, 0.25) is 0 Å². The minimum Gasteiger partial charge on any atom is -0.446 e. The first-order valence-electron chi connectivity index (χ1n) is 10.3. The van der Waals surface area contributed by atoms with Crippen molar-refractivity contribution in [2.24, 2.45) is 0 Å². The molecule has 1 aliphatic heterocycles. The molecule has 0 radical (unpaired) electrons. The van der Waals surface area contributed by atoms with E-state index in [0.29, 0.717) is 36.2 Å². The highest BCUT2D eigenvalue weighted by Gasteiger charge is 2.35. The van der Waals surface area contributed by atoms with Crippen molar-refractivity contribution in [3.05, 3.63) is 58.7 Å². The number of hydrogen-bond acceptors (Lipinski definition) is 5. The highest BCUT2D eigenvalue weighted by atomic mass is 35.5. The summed E-state index contributed by atoms with van der Waals surface area (Å²) in [5, 5.41) is 3.31. The lowest BCUT2D eigenvalue weighted by Crippen LogP contribution is -2.43. The number of rotatable bonds is 5. The van der Waals surface area contributed by atoms with E-state index in [1.54, 1.807) is 18.0 Å². The molecule has 162 valence electrons. The van der Waals surface area contributed by atoms with Crippen LogP contribution in [0.3, 0.4) is 0 Å². The number of imidazole rings is 1. The van der Waals surface area contributed by atoms with E-state index in [2.05, 4.69) is 20.3 Å². The molecule has 2 N–H and O–H groups in total. The average molecular weight is 442 g/mol. The molecule has 1 aromatic carbocycles. The molecule has 0 bridgehead atoms. The van der Waals surface area contributed by atoms with Crippen LogP contribution in [0.15, 0.2) is 34.9 Å². The van der Waals surface area contributed by atoms with Crippen LogP contribution in [0, 0.1) is 13.8 Å². The third-order valence-electron chi connectivity index (χ3n) is 5.43. The van der Waals surface area contributed by atoms with Crippen molar-refractivity contribution < 1.29 is 14.0 Å². The second-order valence-electron chi connectivity index (χ2n) is 7.56. The minimum atomic E-state index is -0.623. The normalized spacial score (nSPS) is 16.0. The van der Waals surface area contributed by atoms with E-state index < -0.39 is 11.8 Å². The number of halogens is 1. The minimum absolute atomic E-state index is 0.269. The zero-order valence-corrected chi connectivity index (χ0v) is 18.2. The number of amides is 2. The van der Waals surface area contributed by atoms with Gasteiger partial charge in [-0.25, -0.2) is 9.97 Å². The van der Waals surface area contributed by atoms with Gasteiger partial charge in [-0.3, -0.25) is 9.59 Å². The smallest absolute Gasteiger partial charge is 0.312 e. The van der Waals surface area contributed by atoms with Gasteiger partial charge in [0, 0.05) is 37.0 Å². The Hall–Kier alpha value is -3.13. The van der Waals surface area contributed by atoms with E-state index in [9.17, 15) is 9.59 Å². The summed E-state index contributed by atoms with van der Waals surface area (Å²) < 4.78 is 5.39. The Balaban J connectivity index is 1.40. The van der Waals surface area contributed by atoms with E-state index in [0.717, 1.165) is 35.6 Å². The van der Waals surface area contributed by atoms with Crippen LogP contribution in [-0.2, 0) is 16.0 Å². The number of aromatic amines is 1. The highest BCUT2D eigenvalue weighted by Crippen LogP contribution is 2.33. The Morgan fingerprint density at radius 1 is 1.32 bits per heavy atom. The van der Waals surface area contributed by atoms with Gasteiger partial charge in [0.25, 0.3) is 0 Å². The summed E-state index contributed by atoms with van der Waals surface area (Å²) in [5.41, 5.74) is 2.41. The first-order chi connectivity index (χ1) is 14.9. The molecule has 31 heavy (non-hydrogen) atoms. The van der Waals surface area contributed by atoms with Gasteiger partial charge in [-0.15, -0.1) is 0 Å². The zero-order chi connectivity index (χ0) is 22.0. The summed E-state index contributed by atoms with van der Waals surface area (Å²) in [5.74, 6) is 0.797. The topological polar surface area (TPSA) is 104 Å². The Labute approximate surface area is 185 Å². The van der Waals surface area contributed by atoms with Crippen molar-refractivity contribution in [2.75, 3.05) is 13.1 Å². The summed E-state index contributed by atoms with van der Waals surface area (Å²) in [6.07, 6.45) is 3.76. The van der Waals surface area contributed by atoms with Crippen molar-refractivity contribution in [3.63, 3.8) is 0 Å². The van der Waals surface area contributed by atoms with Crippen LogP contribution in [0.2, 0.25) is 5.02 Å². The SMILES string of the molecule is Cc1nc(CCNC(=O)C(=O)N2CCCC2c2ncc(-c3ccccc3Cl)[nH]2)c(C)o1. The fourth-order valence-corrected chi connectivity index (χ4v) is 4.16. The van der Waals surface area contributed by atoms with E-state index in [4.69, 9.17) is 16.0 Å². The Kier molecular flexibility index (Phi) is 6.08. The molecule has 1 unspecified atom stereocenters. The van der Waals surface area contributed by atoms with Gasteiger partial charge in [0.05, 0.1) is 23.6 Å². The second kappa shape index (κ2) is 8.93. The fraction of sp³-hybridized carbons (Fsp3) is 0.364. The maximum Gasteiger partial charge on any atom is 0.312 e. The molecule has 4 rings (SSSR count). The summed E-state index contributed by atoms with van der Waals surface area (Å²) in [7, 11) is 0. The lowest BCUT2D eigenvalue weighted by Gasteiger charge is -2.22. The van der Waals surface area contributed by atoms with Crippen LogP contribution in [0.4, 0.5) is 0 Å². The van der Waals surface area contributed by atoms with Crippen LogP contribution >= 0.6 is 11.6 Å². The summed E-state index contributed by atoms with van der Waals surface area (Å²) in [4.78, 5) is 38.8. The van der Waals surface area contributed by atoms with Crippen LogP contribution in [0.5, 0.6) is 0 Å². The number of carbonyl (C=O) groups excluding carboxylic acids is 2. The fourth-order valence-electron chi connectivity index (χ4n) is 3.92. The molecule has 3 aromatic rings. The second-order valence-corrected chi connectivity index (χ2v) is 7.97. The molecule has 2 aromatic heterocycles. The third kappa shape index (κ3) is 4.49. The number of nitrogens with zero attached hydrogens (tertiary/aromatic N) is 3. The molecule has 2 amide bonds. The monoisotopic (exact) mass is 441 g/mol. The molecular formula is C22H24ClN5O3. The van der Waals surface area contributed by atoms with Gasteiger partial charge in [0.15, 0.2) is 5.89 Å². The first kappa shape index (κ1) is 21.1. The number of hydrogen-bond donors (Lipinski definition) is 2. The Morgan fingerprint density at radius 2 is 2.13 bits per heavy atom. The predicted molar refractivity (Wildman–Crippen MR) is 115 cm³/mol. The van der Waals surface area contributed by atoms with Gasteiger partial charge < -0.3 is 19.6 Å². The van der Waals surface area contributed by atoms with E-state index >= 15 is 0 Å². The van der Waals surface area contributed by atoms with Crippen LogP contribution < -0.4 is 5.32 Å². The average Bonchev–Trinajstić information content (AvgIpc) is 3.47. The highest BCUT2D eigenvalue weighted by molar-refractivity contribution is 6.35. The van der Waals surface area contributed by atoms with Crippen molar-refractivity contribution in [2.45, 2.75) is 39.2 Å². The maximum absolute atomic E-state index is 12.8. The van der Waals surface area contributed by atoms with Gasteiger partial charge in [-0.1, -0.05) is 29.8 Å². The lowest BCUT2D eigenvalue weighted by molar-refractivity contribution is -0.146. The van der Waals surface area contributed by atoms with E-state index in [1.807, 2.05) is 31.2 Å². The van der Waals surface area contributed by atoms with Crippen molar-refractivity contribution in [3.8, 4) is 11.3 Å².